The highest BCUT2D eigenvalue weighted by Crippen LogP contribution is 2.29. The SMILES string of the molecule is CCC1CCCCN1C(=O)C(C)(C)C(=O)N1CCCCC1. The summed E-state index contributed by atoms with van der Waals surface area (Å²) in [6.45, 7) is 8.20. The second-order valence-electron chi connectivity index (χ2n) is 7.03. The van der Waals surface area contributed by atoms with Crippen molar-refractivity contribution in [3.8, 4) is 0 Å². The molecule has 2 rings (SSSR count). The maximum atomic E-state index is 13.0. The predicted octanol–water partition coefficient (Wildman–Crippen LogP) is 2.82. The number of hydrogen-bond donors (Lipinski definition) is 0. The standard InChI is InChI=1S/C17H30N2O2/c1-4-14-10-6-9-13-19(14)16(21)17(2,3)15(20)18-11-7-5-8-12-18/h14H,4-13H2,1-3H3. The van der Waals surface area contributed by atoms with Gasteiger partial charge >= 0.3 is 0 Å². The van der Waals surface area contributed by atoms with Gasteiger partial charge in [-0.3, -0.25) is 9.59 Å². The fourth-order valence-electron chi connectivity index (χ4n) is 3.64. The minimum Gasteiger partial charge on any atom is -0.342 e. The zero-order valence-electron chi connectivity index (χ0n) is 13.9. The molecule has 2 aliphatic heterocycles. The van der Waals surface area contributed by atoms with Gasteiger partial charge < -0.3 is 9.80 Å². The van der Waals surface area contributed by atoms with E-state index in [1.54, 1.807) is 0 Å². The molecule has 4 nitrogen and oxygen atoms in total. The molecule has 21 heavy (non-hydrogen) atoms. The van der Waals surface area contributed by atoms with Gasteiger partial charge in [-0.25, -0.2) is 0 Å². The summed E-state index contributed by atoms with van der Waals surface area (Å²) in [5, 5.41) is 0. The van der Waals surface area contributed by atoms with Crippen molar-refractivity contribution in [1.82, 2.24) is 9.80 Å². The van der Waals surface area contributed by atoms with Crippen LogP contribution in [0.1, 0.15) is 65.7 Å². The van der Waals surface area contributed by atoms with Gasteiger partial charge in [0.05, 0.1) is 0 Å². The molecule has 2 heterocycles. The summed E-state index contributed by atoms with van der Waals surface area (Å²) in [6.07, 6.45) is 7.66. The van der Waals surface area contributed by atoms with Gasteiger partial charge in [0.1, 0.15) is 5.41 Å². The van der Waals surface area contributed by atoms with Crippen molar-refractivity contribution in [2.24, 2.45) is 5.41 Å². The molecule has 0 saturated carbocycles. The third-order valence-electron chi connectivity index (χ3n) is 5.07. The fraction of sp³-hybridized carbons (Fsp3) is 0.882. The summed E-state index contributed by atoms with van der Waals surface area (Å²) >= 11 is 0. The molecule has 0 spiro atoms. The second-order valence-corrected chi connectivity index (χ2v) is 7.03. The van der Waals surface area contributed by atoms with Crippen molar-refractivity contribution in [3.05, 3.63) is 0 Å². The van der Waals surface area contributed by atoms with Gasteiger partial charge in [0.2, 0.25) is 11.8 Å². The van der Waals surface area contributed by atoms with Crippen LogP contribution in [0.5, 0.6) is 0 Å². The molecule has 4 heteroatoms. The van der Waals surface area contributed by atoms with Crippen LogP contribution in [-0.4, -0.2) is 47.3 Å². The van der Waals surface area contributed by atoms with Gasteiger partial charge in [0, 0.05) is 25.7 Å². The highest BCUT2D eigenvalue weighted by Gasteiger charge is 2.43. The molecule has 1 atom stereocenters. The summed E-state index contributed by atoms with van der Waals surface area (Å²) in [7, 11) is 0. The lowest BCUT2D eigenvalue weighted by molar-refractivity contribution is -0.157. The third-order valence-corrected chi connectivity index (χ3v) is 5.07. The van der Waals surface area contributed by atoms with Crippen LogP contribution in [0.2, 0.25) is 0 Å². The van der Waals surface area contributed by atoms with Crippen molar-refractivity contribution in [2.45, 2.75) is 71.8 Å². The normalized spacial score (nSPS) is 24.0. The molecule has 2 amide bonds. The third kappa shape index (κ3) is 3.41. The van der Waals surface area contributed by atoms with Crippen LogP contribution in [0.15, 0.2) is 0 Å². The van der Waals surface area contributed by atoms with Crippen molar-refractivity contribution in [2.75, 3.05) is 19.6 Å². The highest BCUT2D eigenvalue weighted by atomic mass is 16.2. The van der Waals surface area contributed by atoms with Crippen molar-refractivity contribution in [1.29, 1.82) is 0 Å². The van der Waals surface area contributed by atoms with Gasteiger partial charge in [-0.15, -0.1) is 0 Å². The quantitative estimate of drug-likeness (QED) is 0.751. The first-order chi connectivity index (χ1) is 9.98. The van der Waals surface area contributed by atoms with Crippen LogP contribution in [-0.2, 0) is 9.59 Å². The Labute approximate surface area is 128 Å². The Morgan fingerprint density at radius 3 is 2.19 bits per heavy atom. The molecule has 2 aliphatic rings. The van der Waals surface area contributed by atoms with Crippen LogP contribution < -0.4 is 0 Å². The van der Waals surface area contributed by atoms with Gasteiger partial charge in [0.15, 0.2) is 0 Å². The Hall–Kier alpha value is -1.06. The molecule has 0 aromatic carbocycles. The Bertz CT molecular complexity index is 386. The van der Waals surface area contributed by atoms with Crippen LogP contribution in [0.3, 0.4) is 0 Å². The van der Waals surface area contributed by atoms with Crippen molar-refractivity contribution >= 4 is 11.8 Å². The summed E-state index contributed by atoms with van der Waals surface area (Å²) in [6, 6.07) is 0.319. The first-order valence-corrected chi connectivity index (χ1v) is 8.59. The molecular formula is C17H30N2O2. The molecule has 2 fully saturated rings. The summed E-state index contributed by atoms with van der Waals surface area (Å²) in [4.78, 5) is 29.6. The van der Waals surface area contributed by atoms with Crippen LogP contribution >= 0.6 is 0 Å². The molecule has 0 aliphatic carbocycles. The van der Waals surface area contributed by atoms with Crippen LogP contribution in [0.25, 0.3) is 0 Å². The zero-order valence-corrected chi connectivity index (χ0v) is 13.9. The minimum atomic E-state index is -0.915. The molecule has 120 valence electrons. The number of hydrogen-bond acceptors (Lipinski definition) is 2. The Balaban J connectivity index is 2.09. The van der Waals surface area contributed by atoms with Gasteiger partial charge in [0.25, 0.3) is 0 Å². The monoisotopic (exact) mass is 294 g/mol. The number of carbonyl (C=O) groups is 2. The van der Waals surface area contributed by atoms with Crippen LogP contribution in [0.4, 0.5) is 0 Å². The Morgan fingerprint density at radius 2 is 1.57 bits per heavy atom. The Kier molecular flexibility index (Phi) is 5.28. The fourth-order valence-corrected chi connectivity index (χ4v) is 3.64. The van der Waals surface area contributed by atoms with E-state index in [9.17, 15) is 9.59 Å². The molecular weight excluding hydrogens is 264 g/mol. The minimum absolute atomic E-state index is 0.0210. The second kappa shape index (κ2) is 6.80. The molecule has 0 aromatic rings. The van der Waals surface area contributed by atoms with E-state index >= 15 is 0 Å². The van der Waals surface area contributed by atoms with Gasteiger partial charge in [-0.1, -0.05) is 6.92 Å². The van der Waals surface area contributed by atoms with E-state index < -0.39 is 5.41 Å². The first kappa shape index (κ1) is 16.3. The van der Waals surface area contributed by atoms with E-state index in [1.807, 2.05) is 23.6 Å². The van der Waals surface area contributed by atoms with E-state index in [2.05, 4.69) is 6.92 Å². The maximum absolute atomic E-state index is 13.0. The lowest BCUT2D eigenvalue weighted by Crippen LogP contribution is -2.55. The first-order valence-electron chi connectivity index (χ1n) is 8.59. The van der Waals surface area contributed by atoms with E-state index in [4.69, 9.17) is 0 Å². The Morgan fingerprint density at radius 1 is 0.952 bits per heavy atom. The number of carbonyl (C=O) groups excluding carboxylic acids is 2. The summed E-state index contributed by atoms with van der Waals surface area (Å²) in [5.41, 5.74) is -0.915. The zero-order chi connectivity index (χ0) is 15.5. The summed E-state index contributed by atoms with van der Waals surface area (Å²) < 4.78 is 0. The molecule has 2 saturated heterocycles. The average molecular weight is 294 g/mol. The smallest absolute Gasteiger partial charge is 0.237 e. The topological polar surface area (TPSA) is 40.6 Å². The summed E-state index contributed by atoms with van der Waals surface area (Å²) in [5.74, 6) is 0.0530. The van der Waals surface area contributed by atoms with Crippen molar-refractivity contribution < 1.29 is 9.59 Å². The predicted molar refractivity (Wildman–Crippen MR) is 83.9 cm³/mol. The number of amides is 2. The molecule has 0 bridgehead atoms. The molecule has 0 N–H and O–H groups in total. The lowest BCUT2D eigenvalue weighted by atomic mass is 9.86. The van der Waals surface area contributed by atoms with Gasteiger partial charge in [-0.05, 0) is 58.8 Å². The largest absolute Gasteiger partial charge is 0.342 e. The average Bonchev–Trinajstić information content (AvgIpc) is 2.54. The highest BCUT2D eigenvalue weighted by molar-refractivity contribution is 6.04. The molecule has 0 aromatic heterocycles. The number of nitrogens with zero attached hydrogens (tertiary/aromatic N) is 2. The van der Waals surface area contributed by atoms with Gasteiger partial charge in [-0.2, -0.15) is 0 Å². The maximum Gasteiger partial charge on any atom is 0.237 e. The number of likely N-dealkylation sites (tertiary alicyclic amines) is 2. The number of rotatable bonds is 3. The number of piperidine rings is 2. The molecule has 1 unspecified atom stereocenters. The van der Waals surface area contributed by atoms with E-state index in [-0.39, 0.29) is 11.8 Å². The van der Waals surface area contributed by atoms with E-state index in [0.29, 0.717) is 6.04 Å². The van der Waals surface area contributed by atoms with E-state index in [0.717, 1.165) is 51.7 Å². The lowest BCUT2D eigenvalue weighted by Gasteiger charge is -2.41. The molecule has 0 radical (unpaired) electrons. The van der Waals surface area contributed by atoms with Crippen molar-refractivity contribution in [3.63, 3.8) is 0 Å². The van der Waals surface area contributed by atoms with Crippen LogP contribution in [0, 0.1) is 5.41 Å². The van der Waals surface area contributed by atoms with E-state index in [1.165, 1.54) is 12.8 Å².